The van der Waals surface area contributed by atoms with Crippen LogP contribution in [0.5, 0.6) is 5.75 Å². The zero-order chi connectivity index (χ0) is 30.1. The van der Waals surface area contributed by atoms with Crippen molar-refractivity contribution in [3.63, 3.8) is 0 Å². The molecule has 0 unspecified atom stereocenters. The number of amides is 1. The van der Waals surface area contributed by atoms with Crippen molar-refractivity contribution in [2.45, 2.75) is 57.8 Å². The fraction of sp³-hybridized carbons (Fsp3) is 0.406. The van der Waals surface area contributed by atoms with Crippen LogP contribution in [0.1, 0.15) is 48.2 Å². The minimum absolute atomic E-state index is 0.112. The maximum atomic E-state index is 13.7. The topological polar surface area (TPSA) is 126 Å². The summed E-state index contributed by atoms with van der Waals surface area (Å²) in [5.74, 6) is 0.734. The number of aliphatic hydroxyl groups excluding tert-OH is 1. The number of ether oxygens (including phenoxy) is 1. The smallest absolute Gasteiger partial charge is 0.251 e. The van der Waals surface area contributed by atoms with Crippen LogP contribution in [-0.2, 0) is 13.0 Å². The Morgan fingerprint density at radius 3 is 2.48 bits per heavy atom. The Kier molecular flexibility index (Phi) is 11.1. The van der Waals surface area contributed by atoms with Crippen LogP contribution in [0.15, 0.2) is 72.8 Å². The van der Waals surface area contributed by atoms with Crippen molar-refractivity contribution in [3.05, 3.63) is 89.5 Å². The van der Waals surface area contributed by atoms with Gasteiger partial charge in [0.15, 0.2) is 0 Å². The van der Waals surface area contributed by atoms with Gasteiger partial charge in [-0.05, 0) is 74.6 Å². The molecule has 1 saturated heterocycles. The molecule has 3 aromatic carbocycles. The summed E-state index contributed by atoms with van der Waals surface area (Å²) in [6.07, 6.45) is 1.16. The van der Waals surface area contributed by atoms with Gasteiger partial charge in [0, 0.05) is 36.9 Å². The van der Waals surface area contributed by atoms with Gasteiger partial charge < -0.3 is 25.8 Å². The van der Waals surface area contributed by atoms with Crippen LogP contribution < -0.4 is 25.0 Å². The van der Waals surface area contributed by atoms with Gasteiger partial charge in [0.05, 0.1) is 30.7 Å². The summed E-state index contributed by atoms with van der Waals surface area (Å²) in [6.45, 7) is 5.32. The molecule has 1 aliphatic heterocycles. The van der Waals surface area contributed by atoms with E-state index < -0.39 is 22.9 Å². The van der Waals surface area contributed by atoms with Gasteiger partial charge in [-0.25, -0.2) is 0 Å². The lowest BCUT2D eigenvalue weighted by Crippen LogP contribution is -2.48. The molecular weight excluding hydrogens is 552 g/mol. The summed E-state index contributed by atoms with van der Waals surface area (Å²) in [5, 5.41) is 21.0. The Labute approximate surface area is 250 Å². The minimum Gasteiger partial charge on any atom is -0.497 e. The first-order chi connectivity index (χ1) is 20.1. The second-order valence-corrected chi connectivity index (χ2v) is 13.1. The fourth-order valence-electron chi connectivity index (χ4n) is 5.10. The fourth-order valence-corrected chi connectivity index (χ4v) is 6.78. The van der Waals surface area contributed by atoms with Crippen molar-refractivity contribution < 1.29 is 23.7 Å². The van der Waals surface area contributed by atoms with Crippen LogP contribution in [0.25, 0.3) is 0 Å². The standard InChI is InChI=1S/C32H44N4O5S/c1-23(2)34-27-18-26(19-28(20-27)36-14-7-8-15-42(36,39)40)32(38)35-30(17-24-10-5-4-6-11-24)31(37)22-33-21-25-12-9-13-29(16-25)41-3/h4-6,9-13,16,18-20,23,30-31,33-34,37,39-40H,7-8,14-15,17,21-22H2,1-3H3,(H,35,38)/t30-,31-/m0/s1. The maximum Gasteiger partial charge on any atom is 0.251 e. The molecule has 0 radical (unpaired) electrons. The summed E-state index contributed by atoms with van der Waals surface area (Å²) in [6, 6.07) is 22.3. The van der Waals surface area contributed by atoms with E-state index in [4.69, 9.17) is 4.74 Å². The number of rotatable bonds is 13. The molecule has 6 N–H and O–H groups in total. The first-order valence-corrected chi connectivity index (χ1v) is 16.1. The summed E-state index contributed by atoms with van der Waals surface area (Å²) in [4.78, 5) is 13.7. The van der Waals surface area contributed by atoms with E-state index in [1.165, 1.54) is 0 Å². The Balaban J connectivity index is 1.54. The molecule has 0 bridgehead atoms. The molecule has 1 aliphatic rings. The number of carbonyl (C=O) groups is 1. The number of carbonyl (C=O) groups excluding carboxylic acids is 1. The van der Waals surface area contributed by atoms with E-state index in [9.17, 15) is 19.0 Å². The van der Waals surface area contributed by atoms with Gasteiger partial charge in [-0.2, -0.15) is 0 Å². The third kappa shape index (κ3) is 8.86. The van der Waals surface area contributed by atoms with E-state index in [0.29, 0.717) is 42.2 Å². The lowest BCUT2D eigenvalue weighted by molar-refractivity contribution is 0.0830. The highest BCUT2D eigenvalue weighted by molar-refractivity contribution is 8.25. The molecule has 2 atom stereocenters. The predicted octanol–water partition coefficient (Wildman–Crippen LogP) is 5.27. The van der Waals surface area contributed by atoms with E-state index in [1.54, 1.807) is 23.5 Å². The third-order valence-corrected chi connectivity index (χ3v) is 9.14. The molecular formula is C32H44N4O5S. The number of nitrogens with zero attached hydrogens (tertiary/aromatic N) is 1. The molecule has 10 heteroatoms. The number of nitrogens with one attached hydrogen (secondary N) is 3. The SMILES string of the molecule is COc1cccc(CNC[C@H](O)[C@H](Cc2ccccc2)NC(=O)c2cc(NC(C)C)cc(N3CCCCS3(O)O)c2)c1. The van der Waals surface area contributed by atoms with Gasteiger partial charge in [-0.1, -0.05) is 42.5 Å². The normalized spacial score (nSPS) is 16.9. The molecule has 0 aliphatic carbocycles. The van der Waals surface area contributed by atoms with E-state index in [-0.39, 0.29) is 18.5 Å². The zero-order valence-corrected chi connectivity index (χ0v) is 25.4. The molecule has 1 amide bonds. The zero-order valence-electron chi connectivity index (χ0n) is 24.6. The van der Waals surface area contributed by atoms with E-state index in [1.807, 2.05) is 74.5 Å². The lowest BCUT2D eigenvalue weighted by Gasteiger charge is -2.47. The summed E-state index contributed by atoms with van der Waals surface area (Å²) < 4.78 is 28.5. The van der Waals surface area contributed by atoms with Gasteiger partial charge >= 0.3 is 0 Å². The van der Waals surface area contributed by atoms with Crippen molar-refractivity contribution in [1.82, 2.24) is 10.6 Å². The number of hydrogen-bond acceptors (Lipinski definition) is 8. The summed E-state index contributed by atoms with van der Waals surface area (Å²) in [7, 11) is -1.33. The number of benzene rings is 3. The highest BCUT2D eigenvalue weighted by Gasteiger charge is 2.29. The quantitative estimate of drug-likeness (QED) is 0.158. The molecule has 1 heterocycles. The Bertz CT molecular complexity index is 1310. The van der Waals surface area contributed by atoms with Crippen LogP contribution in [0, 0.1) is 0 Å². The molecule has 9 nitrogen and oxygen atoms in total. The molecule has 228 valence electrons. The van der Waals surface area contributed by atoms with Gasteiger partial charge in [0.2, 0.25) is 0 Å². The number of anilines is 2. The van der Waals surface area contributed by atoms with Crippen molar-refractivity contribution in [1.29, 1.82) is 0 Å². The van der Waals surface area contributed by atoms with Crippen molar-refractivity contribution in [3.8, 4) is 5.75 Å². The average Bonchev–Trinajstić information content (AvgIpc) is 2.96. The van der Waals surface area contributed by atoms with Gasteiger partial charge in [0.1, 0.15) is 5.75 Å². The van der Waals surface area contributed by atoms with Crippen LogP contribution in [0.4, 0.5) is 11.4 Å². The van der Waals surface area contributed by atoms with Crippen molar-refractivity contribution in [2.75, 3.05) is 35.6 Å². The van der Waals surface area contributed by atoms with Gasteiger partial charge in [-0.3, -0.25) is 18.2 Å². The molecule has 0 saturated carbocycles. The Hall–Kier alpha value is -3.28. The molecule has 0 aromatic heterocycles. The minimum atomic E-state index is -2.96. The monoisotopic (exact) mass is 596 g/mol. The highest BCUT2D eigenvalue weighted by atomic mass is 32.3. The molecule has 1 fully saturated rings. The predicted molar refractivity (Wildman–Crippen MR) is 172 cm³/mol. The van der Waals surface area contributed by atoms with Gasteiger partial charge in [0.25, 0.3) is 5.91 Å². The van der Waals surface area contributed by atoms with Gasteiger partial charge in [-0.15, -0.1) is 10.8 Å². The number of hydrogen-bond donors (Lipinski definition) is 6. The summed E-state index contributed by atoms with van der Waals surface area (Å²) in [5.41, 5.74) is 3.70. The van der Waals surface area contributed by atoms with E-state index >= 15 is 0 Å². The van der Waals surface area contributed by atoms with Crippen LogP contribution in [0.2, 0.25) is 0 Å². The third-order valence-electron chi connectivity index (χ3n) is 7.20. The molecule has 4 rings (SSSR count). The Morgan fingerprint density at radius 1 is 1.00 bits per heavy atom. The molecule has 0 spiro atoms. The number of methoxy groups -OCH3 is 1. The van der Waals surface area contributed by atoms with E-state index in [0.717, 1.165) is 29.7 Å². The first-order valence-electron chi connectivity index (χ1n) is 14.5. The van der Waals surface area contributed by atoms with Crippen molar-refractivity contribution in [2.24, 2.45) is 0 Å². The second-order valence-electron chi connectivity index (χ2n) is 11.0. The highest BCUT2D eigenvalue weighted by Crippen LogP contribution is 2.50. The summed E-state index contributed by atoms with van der Waals surface area (Å²) >= 11 is 0. The van der Waals surface area contributed by atoms with E-state index in [2.05, 4.69) is 16.0 Å². The first kappa shape index (κ1) is 31.7. The molecule has 42 heavy (non-hydrogen) atoms. The van der Waals surface area contributed by atoms with Crippen LogP contribution >= 0.6 is 10.8 Å². The largest absolute Gasteiger partial charge is 0.497 e. The Morgan fingerprint density at radius 2 is 1.76 bits per heavy atom. The second kappa shape index (κ2) is 14.8. The van der Waals surface area contributed by atoms with Crippen LogP contribution in [-0.4, -0.2) is 64.3 Å². The molecule has 3 aromatic rings. The van der Waals surface area contributed by atoms with Crippen LogP contribution in [0.3, 0.4) is 0 Å². The average molecular weight is 597 g/mol. The number of aliphatic hydroxyl groups is 1. The van der Waals surface area contributed by atoms with Crippen molar-refractivity contribution >= 4 is 28.1 Å². The lowest BCUT2D eigenvalue weighted by atomic mass is 10.00. The maximum absolute atomic E-state index is 13.7.